The molecular weight excluding hydrogens is 461 g/mol. The summed E-state index contributed by atoms with van der Waals surface area (Å²) in [5.74, 6) is 1.03. The lowest BCUT2D eigenvalue weighted by Gasteiger charge is -2.33. The summed E-state index contributed by atoms with van der Waals surface area (Å²) in [6.45, 7) is 4.47. The van der Waals surface area contributed by atoms with Crippen molar-refractivity contribution in [3.05, 3.63) is 48.0 Å². The van der Waals surface area contributed by atoms with Gasteiger partial charge in [0, 0.05) is 23.8 Å². The number of carbonyl (C=O) groups is 1. The highest BCUT2D eigenvalue weighted by molar-refractivity contribution is 5.97. The van der Waals surface area contributed by atoms with Gasteiger partial charge < -0.3 is 25.0 Å². The predicted molar refractivity (Wildman–Crippen MR) is 127 cm³/mol. The topological polar surface area (TPSA) is 88.4 Å². The zero-order valence-corrected chi connectivity index (χ0v) is 19.6. The van der Waals surface area contributed by atoms with Gasteiger partial charge in [0.2, 0.25) is 5.95 Å². The number of nitrogens with zero attached hydrogens (tertiary/aromatic N) is 2. The number of ether oxygens (including phenoxy) is 1. The summed E-state index contributed by atoms with van der Waals surface area (Å²) in [6, 6.07) is 11.0. The number of anilines is 2. The summed E-state index contributed by atoms with van der Waals surface area (Å²) in [5, 5.41) is 14.9. The van der Waals surface area contributed by atoms with Crippen LogP contribution in [0.25, 0.3) is 11.0 Å². The van der Waals surface area contributed by atoms with E-state index in [4.69, 9.17) is 10.1 Å². The molecule has 1 amide bonds. The molecule has 0 radical (unpaired) electrons. The Labute approximate surface area is 201 Å². The van der Waals surface area contributed by atoms with E-state index in [-0.39, 0.29) is 30.9 Å². The molecule has 10 heteroatoms. The first-order chi connectivity index (χ1) is 16.6. The number of amides is 1. The van der Waals surface area contributed by atoms with Crippen molar-refractivity contribution < 1.29 is 27.8 Å². The van der Waals surface area contributed by atoms with Gasteiger partial charge in [0.1, 0.15) is 5.75 Å². The van der Waals surface area contributed by atoms with Gasteiger partial charge in [-0.2, -0.15) is 0 Å². The molecule has 35 heavy (non-hydrogen) atoms. The van der Waals surface area contributed by atoms with Crippen LogP contribution in [0.5, 0.6) is 5.75 Å². The second-order valence-electron chi connectivity index (χ2n) is 9.26. The number of fused-ring (bicyclic) bond motifs is 1. The van der Waals surface area contributed by atoms with Gasteiger partial charge in [-0.25, -0.2) is 4.98 Å². The average Bonchev–Trinajstić information content (AvgIpc) is 3.14. The summed E-state index contributed by atoms with van der Waals surface area (Å²) in [5.41, 5.74) is 2.50. The normalized spacial score (nSPS) is 20.6. The maximum absolute atomic E-state index is 12.5. The van der Waals surface area contributed by atoms with Crippen LogP contribution in [0, 0.1) is 11.8 Å². The van der Waals surface area contributed by atoms with E-state index in [1.807, 2.05) is 6.07 Å². The average molecular weight is 491 g/mol. The molecule has 1 aliphatic rings. The highest BCUT2D eigenvalue weighted by Crippen LogP contribution is 2.40. The first kappa shape index (κ1) is 24.8. The van der Waals surface area contributed by atoms with Crippen molar-refractivity contribution in [2.75, 3.05) is 18.5 Å². The molecule has 3 aromatic rings. The molecule has 0 spiro atoms. The number of aromatic nitrogens is 2. The maximum Gasteiger partial charge on any atom is 0.573 e. The van der Waals surface area contributed by atoms with E-state index in [0.717, 1.165) is 24.8 Å². The van der Waals surface area contributed by atoms with Gasteiger partial charge in [-0.15, -0.1) is 13.2 Å². The standard InChI is InChI=1S/C25H29F3N4O3/c1-15-11-16(2)13-19(12-15)32-22-8-3-17(23(34)29-9-10-33)14-21(22)31-24(32)30-18-4-6-20(7-5-18)35-25(26,27)28/h3-8,14-16,19,33H,9-13H2,1-2H3,(H,29,34)(H,30,31)/t15-,16?,19?/m1/s1. The number of alkyl halides is 3. The molecule has 0 bridgehead atoms. The molecule has 2 unspecified atom stereocenters. The Morgan fingerprint density at radius 1 is 1.11 bits per heavy atom. The van der Waals surface area contributed by atoms with Crippen LogP contribution in [-0.2, 0) is 0 Å². The molecule has 1 heterocycles. The summed E-state index contributed by atoms with van der Waals surface area (Å²) < 4.78 is 43.6. The second kappa shape index (κ2) is 10.2. The van der Waals surface area contributed by atoms with E-state index in [9.17, 15) is 18.0 Å². The van der Waals surface area contributed by atoms with Gasteiger partial charge in [-0.05, 0) is 73.6 Å². The molecule has 3 N–H and O–H groups in total. The summed E-state index contributed by atoms with van der Waals surface area (Å²) in [4.78, 5) is 17.1. The Balaban J connectivity index is 1.69. The van der Waals surface area contributed by atoms with Crippen molar-refractivity contribution in [2.24, 2.45) is 11.8 Å². The molecule has 2 aromatic carbocycles. The smallest absolute Gasteiger partial charge is 0.406 e. The summed E-state index contributed by atoms with van der Waals surface area (Å²) in [7, 11) is 0. The quantitative estimate of drug-likeness (QED) is 0.413. The van der Waals surface area contributed by atoms with Gasteiger partial charge in [-0.1, -0.05) is 13.8 Å². The van der Waals surface area contributed by atoms with Crippen LogP contribution in [0.3, 0.4) is 0 Å². The van der Waals surface area contributed by atoms with Crippen LogP contribution in [0.2, 0.25) is 0 Å². The van der Waals surface area contributed by atoms with E-state index < -0.39 is 6.36 Å². The van der Waals surface area contributed by atoms with Crippen LogP contribution in [0.1, 0.15) is 49.5 Å². The first-order valence-electron chi connectivity index (χ1n) is 11.7. The van der Waals surface area contributed by atoms with Gasteiger partial charge in [-0.3, -0.25) is 4.79 Å². The van der Waals surface area contributed by atoms with Crippen LogP contribution in [0.4, 0.5) is 24.8 Å². The third kappa shape index (κ3) is 6.05. The van der Waals surface area contributed by atoms with E-state index in [0.29, 0.717) is 34.6 Å². The maximum atomic E-state index is 12.5. The molecule has 7 nitrogen and oxygen atoms in total. The van der Waals surface area contributed by atoms with Crippen LogP contribution < -0.4 is 15.4 Å². The molecule has 0 aliphatic heterocycles. The third-order valence-corrected chi connectivity index (χ3v) is 6.21. The largest absolute Gasteiger partial charge is 0.573 e. The molecule has 0 saturated heterocycles. The lowest BCUT2D eigenvalue weighted by Crippen LogP contribution is -2.26. The van der Waals surface area contributed by atoms with E-state index in [1.165, 1.54) is 24.3 Å². The molecule has 4 rings (SSSR count). The Morgan fingerprint density at radius 2 is 1.80 bits per heavy atom. The Kier molecular flexibility index (Phi) is 7.20. The summed E-state index contributed by atoms with van der Waals surface area (Å²) >= 11 is 0. The van der Waals surface area contributed by atoms with Crippen molar-refractivity contribution in [3.8, 4) is 5.75 Å². The lowest BCUT2D eigenvalue weighted by atomic mass is 9.80. The van der Waals surface area contributed by atoms with Crippen molar-refractivity contribution in [3.63, 3.8) is 0 Å². The van der Waals surface area contributed by atoms with Crippen molar-refractivity contribution in [2.45, 2.75) is 45.5 Å². The van der Waals surface area contributed by atoms with Gasteiger partial charge in [0.05, 0.1) is 17.6 Å². The molecule has 1 fully saturated rings. The minimum absolute atomic E-state index is 0.151. The van der Waals surface area contributed by atoms with Crippen molar-refractivity contribution >= 4 is 28.6 Å². The molecule has 188 valence electrons. The number of carbonyl (C=O) groups excluding carboxylic acids is 1. The number of aliphatic hydroxyl groups excluding tert-OH is 1. The van der Waals surface area contributed by atoms with E-state index in [2.05, 4.69) is 33.8 Å². The number of hydrogen-bond donors (Lipinski definition) is 3. The van der Waals surface area contributed by atoms with Gasteiger partial charge in [0.15, 0.2) is 0 Å². The zero-order valence-electron chi connectivity index (χ0n) is 19.6. The molecule has 3 atom stereocenters. The predicted octanol–water partition coefficient (Wildman–Crippen LogP) is 5.40. The van der Waals surface area contributed by atoms with Crippen LogP contribution >= 0.6 is 0 Å². The fraction of sp³-hybridized carbons (Fsp3) is 0.440. The molecule has 1 aliphatic carbocycles. The number of rotatable bonds is 7. The Morgan fingerprint density at radius 3 is 2.43 bits per heavy atom. The SMILES string of the molecule is CC1CC(n2c(Nc3ccc(OC(F)(F)F)cc3)nc3cc(C(=O)NCCO)ccc32)C[C@H](C)C1. The minimum atomic E-state index is -4.75. The molecule has 1 saturated carbocycles. The third-order valence-electron chi connectivity index (χ3n) is 6.21. The monoisotopic (exact) mass is 490 g/mol. The number of imidazole rings is 1. The van der Waals surface area contributed by atoms with E-state index in [1.54, 1.807) is 12.1 Å². The fourth-order valence-corrected chi connectivity index (χ4v) is 4.95. The second-order valence-corrected chi connectivity index (χ2v) is 9.26. The van der Waals surface area contributed by atoms with Crippen LogP contribution in [-0.4, -0.2) is 40.1 Å². The Hall–Kier alpha value is -3.27. The van der Waals surface area contributed by atoms with Gasteiger partial charge in [0.25, 0.3) is 5.91 Å². The number of hydrogen-bond acceptors (Lipinski definition) is 5. The zero-order chi connectivity index (χ0) is 25.2. The molecular formula is C25H29F3N4O3. The first-order valence-corrected chi connectivity index (χ1v) is 11.7. The highest BCUT2D eigenvalue weighted by atomic mass is 19.4. The number of nitrogens with one attached hydrogen (secondary N) is 2. The summed E-state index contributed by atoms with van der Waals surface area (Å²) in [6.07, 6.45) is -1.65. The lowest BCUT2D eigenvalue weighted by molar-refractivity contribution is -0.274. The van der Waals surface area contributed by atoms with Crippen molar-refractivity contribution in [1.29, 1.82) is 0 Å². The van der Waals surface area contributed by atoms with Crippen molar-refractivity contribution in [1.82, 2.24) is 14.9 Å². The van der Waals surface area contributed by atoms with Crippen LogP contribution in [0.15, 0.2) is 42.5 Å². The fourth-order valence-electron chi connectivity index (χ4n) is 4.95. The Bertz CT molecular complexity index is 1170. The number of benzene rings is 2. The highest BCUT2D eigenvalue weighted by Gasteiger charge is 2.31. The number of aliphatic hydroxyl groups is 1. The minimum Gasteiger partial charge on any atom is -0.406 e. The molecule has 1 aromatic heterocycles. The van der Waals surface area contributed by atoms with Gasteiger partial charge >= 0.3 is 6.36 Å². The van der Waals surface area contributed by atoms with E-state index >= 15 is 0 Å². The number of halogens is 3.